The van der Waals surface area contributed by atoms with Gasteiger partial charge in [-0.1, -0.05) is 17.7 Å². The molecule has 3 aliphatic rings. The second-order valence-electron chi connectivity index (χ2n) is 12.1. The van der Waals surface area contributed by atoms with Crippen molar-refractivity contribution in [2.75, 3.05) is 57.3 Å². The second kappa shape index (κ2) is 13.0. The van der Waals surface area contributed by atoms with E-state index in [9.17, 15) is 19.2 Å². The average Bonchev–Trinajstić information content (AvgIpc) is 3.55. The number of carbonyl (C=O) groups excluding carboxylic acids is 3. The number of fused-ring (bicyclic) bond motifs is 1. The van der Waals surface area contributed by atoms with E-state index in [4.69, 9.17) is 16.7 Å². The first-order valence-corrected chi connectivity index (χ1v) is 15.3. The number of carboxylic acid groups (broad SMARTS) is 1. The lowest BCUT2D eigenvalue weighted by atomic mass is 9.94. The molecule has 12 heteroatoms. The van der Waals surface area contributed by atoms with E-state index >= 15 is 0 Å². The minimum Gasteiger partial charge on any atom is -0.474 e. The Morgan fingerprint density at radius 3 is 2.16 bits per heavy atom. The number of rotatable bonds is 7. The number of nitrogens with zero attached hydrogens (tertiary/aromatic N) is 6. The highest BCUT2D eigenvalue weighted by atomic mass is 35.5. The smallest absolute Gasteiger partial charge is 0.394 e. The van der Waals surface area contributed by atoms with Gasteiger partial charge < -0.3 is 24.7 Å². The fraction of sp³-hybridized carbons (Fsp3) is 0.548. The molecule has 230 valence electrons. The number of piperidine rings is 1. The van der Waals surface area contributed by atoms with E-state index in [0.717, 1.165) is 50.4 Å². The molecule has 2 aromatic rings. The summed E-state index contributed by atoms with van der Waals surface area (Å²) in [7, 11) is 0. The molecule has 11 nitrogen and oxygen atoms in total. The summed E-state index contributed by atoms with van der Waals surface area (Å²) in [6, 6.07) is 5.64. The van der Waals surface area contributed by atoms with Gasteiger partial charge in [-0.15, -0.1) is 0 Å². The Morgan fingerprint density at radius 2 is 1.58 bits per heavy atom. The Balaban J connectivity index is 1.17. The van der Waals surface area contributed by atoms with Gasteiger partial charge in [-0.2, -0.15) is 0 Å². The van der Waals surface area contributed by atoms with E-state index in [1.807, 2.05) is 43.9 Å². The van der Waals surface area contributed by atoms with Crippen LogP contribution < -0.4 is 4.90 Å². The quantitative estimate of drug-likeness (QED) is 0.474. The molecule has 2 unspecified atom stereocenters. The molecule has 2 atom stereocenters. The van der Waals surface area contributed by atoms with Crippen LogP contribution in [0.2, 0.25) is 5.02 Å². The zero-order valence-corrected chi connectivity index (χ0v) is 25.7. The van der Waals surface area contributed by atoms with Crippen LogP contribution >= 0.6 is 11.6 Å². The van der Waals surface area contributed by atoms with E-state index in [0.29, 0.717) is 53.2 Å². The average molecular weight is 611 g/mol. The highest BCUT2D eigenvalue weighted by Gasteiger charge is 2.42. The van der Waals surface area contributed by atoms with E-state index < -0.39 is 11.9 Å². The third kappa shape index (κ3) is 6.67. The molecule has 43 heavy (non-hydrogen) atoms. The maximum absolute atomic E-state index is 13.8. The summed E-state index contributed by atoms with van der Waals surface area (Å²) >= 11 is 6.43. The van der Waals surface area contributed by atoms with Gasteiger partial charge in [0.25, 0.3) is 5.91 Å². The number of aliphatic carboxylic acids is 1. The van der Waals surface area contributed by atoms with Crippen LogP contribution in [0, 0.1) is 38.5 Å². The molecule has 1 aromatic carbocycles. The number of hydrogen-bond donors (Lipinski definition) is 1. The van der Waals surface area contributed by atoms with Gasteiger partial charge in [-0.05, 0) is 76.1 Å². The fourth-order valence-corrected chi connectivity index (χ4v) is 6.93. The normalized spacial score (nSPS) is 20.7. The monoisotopic (exact) mass is 610 g/mol. The van der Waals surface area contributed by atoms with Gasteiger partial charge >= 0.3 is 11.9 Å². The SMILES string of the molecule is Cc1ccc(N(CCCN2CC3CN(C(=O)c4c(C)ncnc4C)CC3C2)C(=O)C2CCN(C(=O)C(=O)O)CC2)cc1Cl. The number of likely N-dealkylation sites (tertiary alicyclic amines) is 3. The summed E-state index contributed by atoms with van der Waals surface area (Å²) < 4.78 is 0. The van der Waals surface area contributed by atoms with Gasteiger partial charge in [0, 0.05) is 62.4 Å². The third-order valence-corrected chi connectivity index (χ3v) is 9.60. The molecule has 5 rings (SSSR count). The van der Waals surface area contributed by atoms with Crippen molar-refractivity contribution in [2.45, 2.75) is 40.0 Å². The molecule has 0 spiro atoms. The molecule has 3 amide bonds. The topological polar surface area (TPSA) is 127 Å². The van der Waals surface area contributed by atoms with Crippen molar-refractivity contribution in [3.05, 3.63) is 52.1 Å². The number of hydrogen-bond acceptors (Lipinski definition) is 7. The largest absolute Gasteiger partial charge is 0.474 e. The Hall–Kier alpha value is -3.57. The van der Waals surface area contributed by atoms with Crippen LogP contribution in [0.3, 0.4) is 0 Å². The highest BCUT2D eigenvalue weighted by Crippen LogP contribution is 2.33. The molecule has 3 saturated heterocycles. The lowest BCUT2D eigenvalue weighted by Crippen LogP contribution is -2.46. The predicted molar refractivity (Wildman–Crippen MR) is 161 cm³/mol. The zero-order chi connectivity index (χ0) is 30.8. The molecule has 4 heterocycles. The van der Waals surface area contributed by atoms with E-state index in [1.165, 1.54) is 11.2 Å². The predicted octanol–water partition coefficient (Wildman–Crippen LogP) is 2.81. The number of carbonyl (C=O) groups is 4. The lowest BCUT2D eigenvalue weighted by Gasteiger charge is -2.34. The first-order valence-electron chi connectivity index (χ1n) is 14.9. The summed E-state index contributed by atoms with van der Waals surface area (Å²) in [6.07, 6.45) is 3.11. The maximum Gasteiger partial charge on any atom is 0.394 e. The van der Waals surface area contributed by atoms with Crippen molar-refractivity contribution in [1.82, 2.24) is 24.7 Å². The molecule has 3 fully saturated rings. The summed E-state index contributed by atoms with van der Waals surface area (Å²) in [5.74, 6) is -1.86. The van der Waals surface area contributed by atoms with Crippen LogP contribution in [0.4, 0.5) is 5.69 Å². The van der Waals surface area contributed by atoms with Crippen LogP contribution in [0.5, 0.6) is 0 Å². The Labute approximate surface area is 256 Å². The van der Waals surface area contributed by atoms with Crippen molar-refractivity contribution in [3.63, 3.8) is 0 Å². The van der Waals surface area contributed by atoms with E-state index in [1.54, 1.807) is 4.90 Å². The van der Waals surface area contributed by atoms with Crippen molar-refractivity contribution in [2.24, 2.45) is 17.8 Å². The van der Waals surface area contributed by atoms with Gasteiger partial charge in [-0.3, -0.25) is 14.4 Å². The Bertz CT molecular complexity index is 1380. The Morgan fingerprint density at radius 1 is 0.953 bits per heavy atom. The van der Waals surface area contributed by atoms with Crippen LogP contribution in [0.1, 0.15) is 46.6 Å². The van der Waals surface area contributed by atoms with Crippen molar-refractivity contribution in [3.8, 4) is 0 Å². The van der Waals surface area contributed by atoms with Crippen LogP contribution in [-0.2, 0) is 14.4 Å². The molecule has 1 aromatic heterocycles. The lowest BCUT2D eigenvalue weighted by molar-refractivity contribution is -0.156. The number of aromatic nitrogens is 2. The van der Waals surface area contributed by atoms with Crippen molar-refractivity contribution in [1.29, 1.82) is 0 Å². The standard InChI is InChI=1S/C31H39ClN6O5/c1-19-5-6-25(13-26(19)32)38(28(39)22-7-11-36(12-8-22)30(41)31(42)43)10-4-9-35-14-23-16-37(17-24(23)15-35)29(40)27-20(2)33-18-34-21(27)3/h5-6,13,18,22-24H,4,7-12,14-17H2,1-3H3,(H,42,43). The first kappa shape index (κ1) is 30.9. The van der Waals surface area contributed by atoms with Crippen LogP contribution in [0.25, 0.3) is 0 Å². The number of benzene rings is 1. The molecule has 3 aliphatic heterocycles. The van der Waals surface area contributed by atoms with Crippen LogP contribution in [0.15, 0.2) is 24.5 Å². The van der Waals surface area contributed by atoms with Crippen molar-refractivity contribution >= 4 is 41.0 Å². The van der Waals surface area contributed by atoms with E-state index in [-0.39, 0.29) is 30.8 Å². The third-order valence-electron chi connectivity index (χ3n) is 9.19. The molecular weight excluding hydrogens is 572 g/mol. The molecular formula is C31H39ClN6O5. The Kier molecular flexibility index (Phi) is 9.31. The molecule has 0 aliphatic carbocycles. The zero-order valence-electron chi connectivity index (χ0n) is 25.0. The molecule has 0 radical (unpaired) electrons. The van der Waals surface area contributed by atoms with Gasteiger partial charge in [0.15, 0.2) is 0 Å². The van der Waals surface area contributed by atoms with Crippen molar-refractivity contribution < 1.29 is 24.3 Å². The maximum atomic E-state index is 13.8. The summed E-state index contributed by atoms with van der Waals surface area (Å²) in [5, 5.41) is 9.63. The minimum atomic E-state index is -1.47. The highest BCUT2D eigenvalue weighted by molar-refractivity contribution is 6.32. The number of amides is 3. The second-order valence-corrected chi connectivity index (χ2v) is 12.5. The number of aryl methyl sites for hydroxylation is 3. The number of anilines is 1. The number of carboxylic acids is 1. The number of halogens is 1. The fourth-order valence-electron chi connectivity index (χ4n) is 6.75. The molecule has 0 bridgehead atoms. The van der Waals surface area contributed by atoms with Gasteiger partial charge in [0.1, 0.15) is 6.33 Å². The first-order chi connectivity index (χ1) is 20.5. The van der Waals surface area contributed by atoms with Gasteiger partial charge in [0.2, 0.25) is 5.91 Å². The summed E-state index contributed by atoms with van der Waals surface area (Å²) in [6.45, 7) is 10.7. The summed E-state index contributed by atoms with van der Waals surface area (Å²) in [4.78, 5) is 65.9. The van der Waals surface area contributed by atoms with Gasteiger partial charge in [-0.25, -0.2) is 14.8 Å². The minimum absolute atomic E-state index is 0.0145. The molecule has 0 saturated carbocycles. The van der Waals surface area contributed by atoms with E-state index in [2.05, 4.69) is 14.9 Å². The summed E-state index contributed by atoms with van der Waals surface area (Å²) in [5.41, 5.74) is 3.71. The van der Waals surface area contributed by atoms with Gasteiger partial charge in [0.05, 0.1) is 17.0 Å². The van der Waals surface area contributed by atoms with Crippen LogP contribution in [-0.4, -0.2) is 106 Å². The molecule has 1 N–H and O–H groups in total.